The molecule has 2 aromatic heterocycles. The summed E-state index contributed by atoms with van der Waals surface area (Å²) >= 11 is 0. The fourth-order valence-electron chi connectivity index (χ4n) is 7.74. The van der Waals surface area contributed by atoms with E-state index >= 15 is 0 Å². The fourth-order valence-corrected chi connectivity index (χ4v) is 7.74. The highest BCUT2D eigenvalue weighted by atomic mass is 19.4. The molecule has 2 aliphatic carbocycles. The quantitative estimate of drug-likeness (QED) is 0.148. The van der Waals surface area contributed by atoms with Crippen molar-refractivity contribution in [1.82, 2.24) is 20.1 Å². The van der Waals surface area contributed by atoms with E-state index < -0.39 is 134 Å². The highest BCUT2D eigenvalue weighted by Crippen LogP contribution is 2.39. The van der Waals surface area contributed by atoms with Gasteiger partial charge in [-0.1, -0.05) is 0 Å². The van der Waals surface area contributed by atoms with Gasteiger partial charge in [0, 0.05) is 37.4 Å². The number of hydrogen-bond donors (Lipinski definition) is 8. The van der Waals surface area contributed by atoms with Gasteiger partial charge in [-0.25, -0.2) is 29.4 Å². The largest absolute Gasteiger partial charge is 0.416 e. The van der Waals surface area contributed by atoms with Gasteiger partial charge in [-0.2, -0.15) is 36.5 Å². The second-order valence-electron chi connectivity index (χ2n) is 15.0. The Morgan fingerprint density at radius 1 is 0.613 bits per heavy atom. The first-order valence-corrected chi connectivity index (χ1v) is 19.0. The molecule has 0 spiro atoms. The normalized spacial score (nSPS) is 34.5. The topological polar surface area (TPSA) is 272 Å². The number of ether oxygens (including phenoxy) is 2. The third-order valence-electron chi connectivity index (χ3n) is 11.2. The maximum Gasteiger partial charge on any atom is 0.416 e. The zero-order valence-electron chi connectivity index (χ0n) is 33.4. The highest BCUT2D eigenvalue weighted by Gasteiger charge is 2.53. The summed E-state index contributed by atoms with van der Waals surface area (Å²) in [4.78, 5) is 45.1. The van der Waals surface area contributed by atoms with Gasteiger partial charge in [-0.15, -0.1) is 0 Å². The summed E-state index contributed by atoms with van der Waals surface area (Å²) in [5.74, 6) is -2.31. The van der Waals surface area contributed by atoms with Gasteiger partial charge >= 0.3 is 24.4 Å². The van der Waals surface area contributed by atoms with E-state index in [9.17, 15) is 76.8 Å². The molecular formula is C36H48F6N6O14. The van der Waals surface area contributed by atoms with Crippen LogP contribution < -0.4 is 9.80 Å². The minimum atomic E-state index is -4.67. The standard InChI is InChI=1S/2C18H24F3N3O7/c2*1-8-16(31-11-5-9(7-25)13(26)15(28)14(11)27)23(17(29)24(8)30-2)12-6-10(3-4-22-12)18(19,20)21/h2*3-4,6,8-9,11,13-16,25-28H,5,7H2,1-2H3/t8-,9+,11?,13+,14-,15-,16-;8-,9+,11-,13+,14-,15-,16-/m00/s1. The lowest BCUT2D eigenvalue weighted by atomic mass is 9.81. The van der Waals surface area contributed by atoms with E-state index in [1.54, 1.807) is 0 Å². The molecule has 2 saturated carbocycles. The van der Waals surface area contributed by atoms with E-state index in [1.165, 1.54) is 28.1 Å². The Hall–Kier alpha value is -4.06. The van der Waals surface area contributed by atoms with Crippen molar-refractivity contribution in [3.05, 3.63) is 47.8 Å². The van der Waals surface area contributed by atoms with Crippen LogP contribution in [0, 0.1) is 11.8 Å². The molecule has 4 amide bonds. The lowest BCUT2D eigenvalue weighted by Crippen LogP contribution is -2.57. The van der Waals surface area contributed by atoms with E-state index in [2.05, 4.69) is 9.97 Å². The molecule has 0 bridgehead atoms. The van der Waals surface area contributed by atoms with Crippen LogP contribution in [0.3, 0.4) is 0 Å². The van der Waals surface area contributed by atoms with Gasteiger partial charge in [-0.05, 0) is 51.0 Å². The number of carbonyl (C=O) groups is 2. The van der Waals surface area contributed by atoms with Gasteiger partial charge in [0.15, 0.2) is 12.5 Å². The molecule has 6 rings (SSSR count). The number of halogens is 6. The molecular weight excluding hydrogens is 854 g/mol. The number of hydrogen-bond acceptors (Lipinski definition) is 16. The smallest absolute Gasteiger partial charge is 0.396 e. The van der Waals surface area contributed by atoms with Gasteiger partial charge in [0.05, 0.1) is 49.8 Å². The average Bonchev–Trinajstić information content (AvgIpc) is 3.61. The molecule has 2 aliphatic heterocycles. The van der Waals surface area contributed by atoms with Gasteiger partial charge < -0.3 is 50.3 Å². The van der Waals surface area contributed by atoms with Crippen LogP contribution in [0.15, 0.2) is 36.7 Å². The van der Waals surface area contributed by atoms with E-state index in [0.717, 1.165) is 44.5 Å². The third-order valence-corrected chi connectivity index (χ3v) is 11.2. The summed E-state index contributed by atoms with van der Waals surface area (Å²) in [6, 6.07) is -0.459. The third kappa shape index (κ3) is 9.70. The zero-order chi connectivity index (χ0) is 46.2. The first-order valence-electron chi connectivity index (χ1n) is 19.0. The van der Waals surface area contributed by atoms with Crippen LogP contribution in [0.25, 0.3) is 0 Å². The molecule has 4 aliphatic rings. The molecule has 2 aromatic rings. The van der Waals surface area contributed by atoms with Crippen molar-refractivity contribution in [3.8, 4) is 0 Å². The van der Waals surface area contributed by atoms with Gasteiger partial charge in [-0.3, -0.25) is 9.68 Å². The summed E-state index contributed by atoms with van der Waals surface area (Å²) < 4.78 is 90.6. The second-order valence-corrected chi connectivity index (χ2v) is 15.0. The predicted octanol–water partition coefficient (Wildman–Crippen LogP) is 0.197. The van der Waals surface area contributed by atoms with Crippen molar-refractivity contribution in [3.63, 3.8) is 0 Å². The van der Waals surface area contributed by atoms with Crippen LogP contribution in [-0.2, 0) is 31.5 Å². The number of hydroxylamine groups is 4. The molecule has 20 nitrogen and oxygen atoms in total. The lowest BCUT2D eigenvalue weighted by molar-refractivity contribution is -0.199. The van der Waals surface area contributed by atoms with Crippen LogP contribution in [-0.4, -0.2) is 174 Å². The Morgan fingerprint density at radius 3 is 1.24 bits per heavy atom. The van der Waals surface area contributed by atoms with Gasteiger partial charge in [0.25, 0.3) is 0 Å². The van der Waals surface area contributed by atoms with Crippen molar-refractivity contribution in [1.29, 1.82) is 0 Å². The van der Waals surface area contributed by atoms with Crippen LogP contribution >= 0.6 is 0 Å². The number of aliphatic hydroxyl groups excluding tert-OH is 8. The number of pyridine rings is 2. The van der Waals surface area contributed by atoms with Crippen molar-refractivity contribution in [2.45, 2.75) is 112 Å². The molecule has 26 heteroatoms. The van der Waals surface area contributed by atoms with E-state index in [1.807, 2.05) is 0 Å². The second kappa shape index (κ2) is 19.4. The number of aliphatic hydroxyl groups is 8. The van der Waals surface area contributed by atoms with Crippen molar-refractivity contribution in [2.75, 3.05) is 37.2 Å². The summed E-state index contributed by atoms with van der Waals surface area (Å²) in [5.41, 5.74) is -2.05. The minimum absolute atomic E-state index is 0.0653. The Kier molecular flexibility index (Phi) is 15.3. The summed E-state index contributed by atoms with van der Waals surface area (Å²) in [5, 5.41) is 81.4. The van der Waals surface area contributed by atoms with E-state index in [4.69, 9.17) is 19.1 Å². The first-order chi connectivity index (χ1) is 29.0. The van der Waals surface area contributed by atoms with E-state index in [-0.39, 0.29) is 24.5 Å². The Labute approximate surface area is 348 Å². The monoisotopic (exact) mass is 902 g/mol. The molecule has 4 heterocycles. The molecule has 2 saturated heterocycles. The molecule has 348 valence electrons. The predicted molar refractivity (Wildman–Crippen MR) is 195 cm³/mol. The number of rotatable bonds is 10. The van der Waals surface area contributed by atoms with Crippen molar-refractivity contribution in [2.24, 2.45) is 11.8 Å². The molecule has 4 fully saturated rings. The number of aromatic nitrogens is 2. The van der Waals surface area contributed by atoms with Crippen molar-refractivity contribution >= 4 is 23.7 Å². The van der Waals surface area contributed by atoms with Crippen LogP contribution in [0.4, 0.5) is 47.6 Å². The summed E-state index contributed by atoms with van der Waals surface area (Å²) in [7, 11) is 2.40. The molecule has 0 radical (unpaired) electrons. The van der Waals surface area contributed by atoms with Crippen LogP contribution in [0.2, 0.25) is 0 Å². The number of anilines is 2. The highest BCUT2D eigenvalue weighted by molar-refractivity contribution is 5.94. The SMILES string of the molecule is CON1C(=O)N(c2cc(C(F)(F)F)ccn2)[C@@H](OC2C[C@H](CO)[C@@H](O)[C@H](O)[C@H]2O)[C@@H]1C.CON1C(=O)N(c2cc(C(F)(F)F)ccn2)[C@@H](O[C@H]2C[C@H](CO)[C@@H](O)[C@H](O)[C@H]2O)[C@@H]1C. The number of carbonyl (C=O) groups excluding carboxylic acids is 2. The van der Waals surface area contributed by atoms with E-state index in [0.29, 0.717) is 12.1 Å². The summed E-state index contributed by atoms with van der Waals surface area (Å²) in [6.07, 6.45) is -21.6. The average molecular weight is 903 g/mol. The first kappa shape index (κ1) is 49.0. The number of nitrogens with zero attached hydrogens (tertiary/aromatic N) is 6. The molecule has 14 atom stereocenters. The Morgan fingerprint density at radius 2 is 0.952 bits per heavy atom. The maximum absolute atomic E-state index is 13.1. The molecule has 1 unspecified atom stereocenters. The number of amides is 4. The Bertz CT molecular complexity index is 1720. The van der Waals surface area contributed by atoms with Crippen LogP contribution in [0.5, 0.6) is 0 Å². The fraction of sp³-hybridized carbons (Fsp3) is 0.667. The molecule has 0 aromatic carbocycles. The van der Waals surface area contributed by atoms with Crippen LogP contribution in [0.1, 0.15) is 37.8 Å². The zero-order valence-corrected chi connectivity index (χ0v) is 33.4. The van der Waals surface area contributed by atoms with Gasteiger partial charge in [0.2, 0.25) is 0 Å². The number of alkyl halides is 6. The number of urea groups is 2. The van der Waals surface area contributed by atoms with Crippen molar-refractivity contribution < 1.29 is 95.9 Å². The lowest BCUT2D eigenvalue weighted by Gasteiger charge is -2.41. The minimum Gasteiger partial charge on any atom is -0.396 e. The Balaban J connectivity index is 0.000000234. The molecule has 62 heavy (non-hydrogen) atoms. The summed E-state index contributed by atoms with van der Waals surface area (Å²) in [6.45, 7) is 2.05. The van der Waals surface area contributed by atoms with Gasteiger partial charge in [0.1, 0.15) is 48.1 Å². The maximum atomic E-state index is 13.1. The molecule has 8 N–H and O–H groups in total.